The Bertz CT molecular complexity index is 1170. The second kappa shape index (κ2) is 9.40. The second-order valence-corrected chi connectivity index (χ2v) is 8.57. The van der Waals surface area contributed by atoms with Crippen LogP contribution in [-0.2, 0) is 11.3 Å². The Balaban J connectivity index is 1.65. The zero-order chi connectivity index (χ0) is 21.8. The summed E-state index contributed by atoms with van der Waals surface area (Å²) in [6.45, 7) is 6.61. The van der Waals surface area contributed by atoms with Crippen molar-refractivity contribution in [2.24, 2.45) is 0 Å². The van der Waals surface area contributed by atoms with Gasteiger partial charge in [0.1, 0.15) is 4.83 Å². The predicted molar refractivity (Wildman–Crippen MR) is 121 cm³/mol. The lowest BCUT2D eigenvalue weighted by atomic mass is 10.2. The Labute approximate surface area is 183 Å². The average molecular weight is 447 g/mol. The Morgan fingerprint density at radius 1 is 1.27 bits per heavy atom. The summed E-state index contributed by atoms with van der Waals surface area (Å²) in [5.41, 5.74) is 1.64. The van der Waals surface area contributed by atoms with Crippen LogP contribution in [0, 0.1) is 13.8 Å². The third kappa shape index (κ3) is 4.71. The van der Waals surface area contributed by atoms with E-state index in [1.807, 2.05) is 20.8 Å². The smallest absolute Gasteiger partial charge is 0.262 e. The number of nitrogens with one attached hydrogen (secondary N) is 2. The molecule has 0 fully saturated rings. The summed E-state index contributed by atoms with van der Waals surface area (Å²) in [6, 6.07) is 4.74. The number of aryl methyl sites for hydroxylation is 3. The summed E-state index contributed by atoms with van der Waals surface area (Å²) < 4.78 is 1.45. The van der Waals surface area contributed by atoms with Crippen LogP contribution in [0.4, 0.5) is 5.69 Å². The molecule has 2 heterocycles. The molecule has 7 nitrogen and oxygen atoms in total. The van der Waals surface area contributed by atoms with Gasteiger partial charge in [-0.1, -0.05) is 18.5 Å². The van der Waals surface area contributed by atoms with E-state index in [0.29, 0.717) is 28.0 Å². The number of hydrogen-bond donors (Lipinski definition) is 2. The highest BCUT2D eigenvalue weighted by atomic mass is 35.5. The van der Waals surface area contributed by atoms with Crippen LogP contribution >= 0.6 is 22.9 Å². The van der Waals surface area contributed by atoms with Crippen LogP contribution in [0.15, 0.2) is 29.3 Å². The summed E-state index contributed by atoms with van der Waals surface area (Å²) in [5.74, 6) is -0.513. The van der Waals surface area contributed by atoms with Gasteiger partial charge in [-0.2, -0.15) is 0 Å². The van der Waals surface area contributed by atoms with E-state index in [0.717, 1.165) is 16.9 Å². The molecule has 0 bridgehead atoms. The van der Waals surface area contributed by atoms with Crippen molar-refractivity contribution in [3.63, 3.8) is 0 Å². The Morgan fingerprint density at radius 2 is 2.03 bits per heavy atom. The Kier molecular flexibility index (Phi) is 6.89. The number of anilines is 1. The lowest BCUT2D eigenvalue weighted by Crippen LogP contribution is -2.24. The van der Waals surface area contributed by atoms with Gasteiger partial charge < -0.3 is 10.6 Å². The van der Waals surface area contributed by atoms with Gasteiger partial charge in [0.15, 0.2) is 0 Å². The Morgan fingerprint density at radius 3 is 2.73 bits per heavy atom. The van der Waals surface area contributed by atoms with E-state index >= 15 is 0 Å². The van der Waals surface area contributed by atoms with E-state index < -0.39 is 0 Å². The molecule has 0 spiro atoms. The molecule has 0 aliphatic carbocycles. The molecular formula is C21H23ClN4O3S. The number of nitrogens with zero attached hydrogens (tertiary/aromatic N) is 2. The van der Waals surface area contributed by atoms with Crippen molar-refractivity contribution in [1.29, 1.82) is 0 Å². The molecular weight excluding hydrogens is 424 g/mol. The fraction of sp³-hybridized carbons (Fsp3) is 0.333. The number of benzene rings is 1. The van der Waals surface area contributed by atoms with Crippen molar-refractivity contribution < 1.29 is 9.59 Å². The van der Waals surface area contributed by atoms with E-state index in [1.54, 1.807) is 12.1 Å². The molecule has 0 saturated heterocycles. The first-order chi connectivity index (χ1) is 14.3. The number of thiophene rings is 1. The maximum absolute atomic E-state index is 12.7. The summed E-state index contributed by atoms with van der Waals surface area (Å²) in [7, 11) is 0. The molecule has 0 atom stereocenters. The van der Waals surface area contributed by atoms with E-state index in [2.05, 4.69) is 15.6 Å². The SMILES string of the molecule is CCCNC(=O)c1ccc(NC(=O)CCn2cnc3sc(C)c(C)c3c2=O)cc1Cl. The highest BCUT2D eigenvalue weighted by molar-refractivity contribution is 7.18. The van der Waals surface area contributed by atoms with Gasteiger partial charge in [0.2, 0.25) is 5.91 Å². The van der Waals surface area contributed by atoms with Crippen LogP contribution in [0.1, 0.15) is 40.6 Å². The number of rotatable bonds is 7. The third-order valence-electron chi connectivity index (χ3n) is 4.77. The van der Waals surface area contributed by atoms with Gasteiger partial charge in [-0.25, -0.2) is 4.98 Å². The van der Waals surface area contributed by atoms with Crippen molar-refractivity contribution in [2.45, 2.75) is 40.2 Å². The first-order valence-electron chi connectivity index (χ1n) is 9.64. The fourth-order valence-corrected chi connectivity index (χ4v) is 4.24. The minimum Gasteiger partial charge on any atom is -0.352 e. The van der Waals surface area contributed by atoms with Crippen LogP contribution < -0.4 is 16.2 Å². The number of hydrogen-bond acceptors (Lipinski definition) is 5. The average Bonchev–Trinajstić information content (AvgIpc) is 3.00. The first-order valence-corrected chi connectivity index (χ1v) is 10.8. The number of amides is 2. The largest absolute Gasteiger partial charge is 0.352 e. The van der Waals surface area contributed by atoms with Crippen molar-refractivity contribution in [3.8, 4) is 0 Å². The van der Waals surface area contributed by atoms with Gasteiger partial charge in [0.05, 0.1) is 22.3 Å². The predicted octanol–water partition coefficient (Wildman–Crippen LogP) is 3.90. The quantitative estimate of drug-likeness (QED) is 0.575. The fourth-order valence-electron chi connectivity index (χ4n) is 2.99. The molecule has 1 aromatic carbocycles. The maximum Gasteiger partial charge on any atom is 0.262 e. The summed E-state index contributed by atoms with van der Waals surface area (Å²) in [6.07, 6.45) is 2.41. The van der Waals surface area contributed by atoms with Gasteiger partial charge in [-0.3, -0.25) is 19.0 Å². The molecule has 0 saturated carbocycles. The molecule has 0 radical (unpaired) electrons. The molecule has 0 unspecified atom stereocenters. The molecule has 30 heavy (non-hydrogen) atoms. The zero-order valence-corrected chi connectivity index (χ0v) is 18.6. The summed E-state index contributed by atoms with van der Waals surface area (Å²) >= 11 is 7.68. The number of halogens is 1. The van der Waals surface area contributed by atoms with Gasteiger partial charge in [0, 0.05) is 30.1 Å². The van der Waals surface area contributed by atoms with E-state index in [9.17, 15) is 14.4 Å². The molecule has 0 aliphatic heterocycles. The lowest BCUT2D eigenvalue weighted by molar-refractivity contribution is -0.116. The highest BCUT2D eigenvalue weighted by Crippen LogP contribution is 2.25. The topological polar surface area (TPSA) is 93.1 Å². The van der Waals surface area contributed by atoms with Crippen LogP contribution in [0.5, 0.6) is 0 Å². The summed E-state index contributed by atoms with van der Waals surface area (Å²) in [4.78, 5) is 43.2. The number of aromatic nitrogens is 2. The van der Waals surface area contributed by atoms with Gasteiger partial charge in [-0.15, -0.1) is 11.3 Å². The van der Waals surface area contributed by atoms with Crippen LogP contribution in [-0.4, -0.2) is 27.9 Å². The van der Waals surface area contributed by atoms with Crippen molar-refractivity contribution in [3.05, 3.63) is 55.9 Å². The molecule has 2 aromatic heterocycles. The van der Waals surface area contributed by atoms with Crippen molar-refractivity contribution in [1.82, 2.24) is 14.9 Å². The third-order valence-corrected chi connectivity index (χ3v) is 6.20. The number of fused-ring (bicyclic) bond motifs is 1. The van der Waals surface area contributed by atoms with Crippen molar-refractivity contribution >= 4 is 50.7 Å². The molecule has 2 amide bonds. The number of carbonyl (C=O) groups is 2. The van der Waals surface area contributed by atoms with Crippen LogP contribution in [0.2, 0.25) is 5.02 Å². The van der Waals surface area contributed by atoms with Crippen LogP contribution in [0.25, 0.3) is 10.2 Å². The minimum absolute atomic E-state index is 0.103. The molecule has 3 aromatic rings. The molecule has 9 heteroatoms. The highest BCUT2D eigenvalue weighted by Gasteiger charge is 2.14. The van der Waals surface area contributed by atoms with E-state index in [-0.39, 0.29) is 35.4 Å². The second-order valence-electron chi connectivity index (χ2n) is 6.96. The normalized spacial score (nSPS) is 10.9. The number of carbonyl (C=O) groups excluding carboxylic acids is 2. The molecule has 3 rings (SSSR count). The summed E-state index contributed by atoms with van der Waals surface area (Å²) in [5, 5.41) is 6.38. The minimum atomic E-state index is -0.264. The van der Waals surface area contributed by atoms with E-state index in [4.69, 9.17) is 11.6 Å². The van der Waals surface area contributed by atoms with E-state index in [1.165, 1.54) is 28.3 Å². The van der Waals surface area contributed by atoms with Gasteiger partial charge >= 0.3 is 0 Å². The Hall–Kier alpha value is -2.71. The lowest BCUT2D eigenvalue weighted by Gasteiger charge is -2.10. The zero-order valence-electron chi connectivity index (χ0n) is 17.0. The molecule has 158 valence electrons. The van der Waals surface area contributed by atoms with Crippen molar-refractivity contribution in [2.75, 3.05) is 11.9 Å². The van der Waals surface area contributed by atoms with Gasteiger partial charge in [0.25, 0.3) is 11.5 Å². The van der Waals surface area contributed by atoms with Crippen LogP contribution in [0.3, 0.4) is 0 Å². The standard InChI is InChI=1S/C21H23ClN4O3S/c1-4-8-23-19(28)15-6-5-14(10-16(15)22)25-17(27)7-9-26-11-24-20-18(21(26)29)12(2)13(3)30-20/h5-6,10-11H,4,7-9H2,1-3H3,(H,23,28)(H,25,27). The van der Waals surface area contributed by atoms with Gasteiger partial charge in [-0.05, 0) is 44.0 Å². The first kappa shape index (κ1) is 22.0. The maximum atomic E-state index is 12.7. The molecule has 0 aliphatic rings. The monoisotopic (exact) mass is 446 g/mol. The molecule has 2 N–H and O–H groups in total.